The predicted molar refractivity (Wildman–Crippen MR) is 85.2 cm³/mol. The van der Waals surface area contributed by atoms with E-state index in [4.69, 9.17) is 0 Å². The molecule has 1 fully saturated rings. The van der Waals surface area contributed by atoms with Crippen LogP contribution in [-0.2, 0) is 6.54 Å². The van der Waals surface area contributed by atoms with Gasteiger partial charge in [0.1, 0.15) is 4.47 Å². The van der Waals surface area contributed by atoms with Crippen molar-refractivity contribution in [3.05, 3.63) is 21.0 Å². The summed E-state index contributed by atoms with van der Waals surface area (Å²) in [6.07, 6.45) is 5.42. The zero-order chi connectivity index (χ0) is 14.7. The molecule has 1 N–H and O–H groups in total. The number of rotatable bonds is 7. The number of likely N-dealkylation sites (N-methyl/N-ethyl adjacent to an activating group) is 1. The molecule has 6 heteroatoms. The van der Waals surface area contributed by atoms with Crippen molar-refractivity contribution in [3.63, 3.8) is 0 Å². The van der Waals surface area contributed by atoms with Crippen molar-refractivity contribution in [2.45, 2.75) is 38.8 Å². The second-order valence-electron chi connectivity index (χ2n) is 5.74. The number of halogens is 1. The molecule has 0 spiro atoms. The quantitative estimate of drug-likeness (QED) is 0.824. The van der Waals surface area contributed by atoms with Gasteiger partial charge in [0.15, 0.2) is 0 Å². The number of anilines is 1. The van der Waals surface area contributed by atoms with Crippen LogP contribution in [0.15, 0.2) is 15.5 Å². The average molecular weight is 343 g/mol. The van der Waals surface area contributed by atoms with Crippen LogP contribution in [-0.4, -0.2) is 41.4 Å². The highest BCUT2D eigenvalue weighted by molar-refractivity contribution is 9.10. The van der Waals surface area contributed by atoms with Crippen LogP contribution < -0.4 is 10.9 Å². The van der Waals surface area contributed by atoms with Gasteiger partial charge in [-0.1, -0.05) is 13.3 Å². The van der Waals surface area contributed by atoms with E-state index in [0.29, 0.717) is 17.1 Å². The lowest BCUT2D eigenvalue weighted by atomic mass is 10.2. The highest BCUT2D eigenvalue weighted by Gasteiger charge is 2.36. The summed E-state index contributed by atoms with van der Waals surface area (Å²) in [5.41, 5.74) is 0.754. The van der Waals surface area contributed by atoms with Crippen LogP contribution in [0.25, 0.3) is 0 Å². The molecular weight excluding hydrogens is 320 g/mol. The molecule has 5 nitrogen and oxygen atoms in total. The topological polar surface area (TPSA) is 50.2 Å². The van der Waals surface area contributed by atoms with Gasteiger partial charge in [-0.3, -0.25) is 4.79 Å². The van der Waals surface area contributed by atoms with E-state index in [9.17, 15) is 4.79 Å². The van der Waals surface area contributed by atoms with Crippen molar-refractivity contribution in [1.82, 2.24) is 14.7 Å². The minimum absolute atomic E-state index is 0.0652. The lowest BCUT2D eigenvalue weighted by Crippen LogP contribution is -2.29. The predicted octanol–water partition coefficient (Wildman–Crippen LogP) is 2.17. The van der Waals surface area contributed by atoms with Crippen LogP contribution in [0, 0.1) is 5.92 Å². The average Bonchev–Trinajstić information content (AvgIpc) is 3.12. The smallest absolute Gasteiger partial charge is 0.283 e. The number of hydrogen-bond donors (Lipinski definition) is 1. The summed E-state index contributed by atoms with van der Waals surface area (Å²) in [6, 6.07) is 0.505. The number of hydrogen-bond acceptors (Lipinski definition) is 4. The van der Waals surface area contributed by atoms with Gasteiger partial charge in [-0.05, 0) is 48.8 Å². The Hall–Kier alpha value is -0.880. The lowest BCUT2D eigenvalue weighted by Gasteiger charge is -2.12. The van der Waals surface area contributed by atoms with Crippen molar-refractivity contribution in [2.24, 2.45) is 5.92 Å². The first-order chi connectivity index (χ1) is 9.52. The SMILES string of the molecule is CCCC1CC1Nc1cnn(CCN(C)C)c(=O)c1Br. The molecule has 0 bridgehead atoms. The molecule has 1 heterocycles. The zero-order valence-electron chi connectivity index (χ0n) is 12.4. The summed E-state index contributed by atoms with van der Waals surface area (Å²) in [7, 11) is 3.97. The van der Waals surface area contributed by atoms with Gasteiger partial charge in [-0.25, -0.2) is 4.68 Å². The zero-order valence-corrected chi connectivity index (χ0v) is 14.0. The van der Waals surface area contributed by atoms with E-state index in [1.165, 1.54) is 23.9 Å². The van der Waals surface area contributed by atoms with Gasteiger partial charge in [0.25, 0.3) is 5.56 Å². The van der Waals surface area contributed by atoms with E-state index in [1.807, 2.05) is 19.0 Å². The van der Waals surface area contributed by atoms with Gasteiger partial charge < -0.3 is 10.2 Å². The molecule has 0 aromatic carbocycles. The Kier molecular flexibility index (Phi) is 5.21. The summed E-state index contributed by atoms with van der Waals surface area (Å²) in [5, 5.41) is 7.67. The maximum Gasteiger partial charge on any atom is 0.283 e. The molecule has 20 heavy (non-hydrogen) atoms. The fourth-order valence-electron chi connectivity index (χ4n) is 2.33. The summed E-state index contributed by atoms with van der Waals surface area (Å²) in [4.78, 5) is 14.2. The molecule has 1 aromatic rings. The van der Waals surface area contributed by atoms with Gasteiger partial charge in [-0.15, -0.1) is 0 Å². The third kappa shape index (κ3) is 3.82. The van der Waals surface area contributed by atoms with Gasteiger partial charge in [-0.2, -0.15) is 5.10 Å². The molecule has 112 valence electrons. The summed E-state index contributed by atoms with van der Waals surface area (Å²) >= 11 is 3.40. The fraction of sp³-hybridized carbons (Fsp3) is 0.714. The molecule has 1 aliphatic carbocycles. The van der Waals surface area contributed by atoms with Crippen molar-refractivity contribution in [1.29, 1.82) is 0 Å². The van der Waals surface area contributed by atoms with Crippen molar-refractivity contribution < 1.29 is 0 Å². The van der Waals surface area contributed by atoms with Crippen LogP contribution >= 0.6 is 15.9 Å². The summed E-state index contributed by atoms with van der Waals surface area (Å²) in [5.74, 6) is 0.753. The van der Waals surface area contributed by atoms with E-state index >= 15 is 0 Å². The minimum atomic E-state index is -0.0652. The standard InChI is InChI=1S/C14H23BrN4O/c1-4-5-10-8-11(10)17-12-9-16-19(7-6-18(2)3)14(20)13(12)15/h9-11,17H,4-8H2,1-3H3. The maximum absolute atomic E-state index is 12.2. The first kappa shape index (κ1) is 15.5. The minimum Gasteiger partial charge on any atom is -0.380 e. The van der Waals surface area contributed by atoms with Crippen LogP contribution in [0.3, 0.4) is 0 Å². The molecule has 1 aromatic heterocycles. The van der Waals surface area contributed by atoms with Crippen LogP contribution in [0.5, 0.6) is 0 Å². The Morgan fingerprint density at radius 1 is 1.55 bits per heavy atom. The first-order valence-electron chi connectivity index (χ1n) is 7.19. The van der Waals surface area contributed by atoms with E-state index in [1.54, 1.807) is 6.20 Å². The molecule has 0 aliphatic heterocycles. The third-order valence-electron chi connectivity index (χ3n) is 3.67. The van der Waals surface area contributed by atoms with Crippen LogP contribution in [0.2, 0.25) is 0 Å². The molecule has 1 aliphatic rings. The van der Waals surface area contributed by atoms with Crippen LogP contribution in [0.1, 0.15) is 26.2 Å². The fourth-order valence-corrected chi connectivity index (χ4v) is 2.76. The Morgan fingerprint density at radius 3 is 2.95 bits per heavy atom. The Labute approximate surface area is 128 Å². The third-order valence-corrected chi connectivity index (χ3v) is 4.43. The van der Waals surface area contributed by atoms with Gasteiger partial charge in [0.2, 0.25) is 0 Å². The molecule has 2 rings (SSSR count). The Balaban J connectivity index is 2.02. The Morgan fingerprint density at radius 2 is 2.30 bits per heavy atom. The van der Waals surface area contributed by atoms with Gasteiger partial charge in [0.05, 0.1) is 18.4 Å². The summed E-state index contributed by atoms with van der Waals surface area (Å²) in [6.45, 7) is 3.61. The largest absolute Gasteiger partial charge is 0.380 e. The Bertz CT molecular complexity index is 514. The van der Waals surface area contributed by atoms with Gasteiger partial charge >= 0.3 is 0 Å². The monoisotopic (exact) mass is 342 g/mol. The molecular formula is C14H23BrN4O. The van der Waals surface area contributed by atoms with Crippen molar-refractivity contribution >= 4 is 21.6 Å². The molecule has 2 unspecified atom stereocenters. The summed E-state index contributed by atoms with van der Waals surface area (Å²) < 4.78 is 2.10. The maximum atomic E-state index is 12.2. The van der Waals surface area contributed by atoms with Crippen LogP contribution in [0.4, 0.5) is 5.69 Å². The van der Waals surface area contributed by atoms with Crippen molar-refractivity contribution in [2.75, 3.05) is 26.0 Å². The normalized spacial score (nSPS) is 21.2. The number of nitrogens with one attached hydrogen (secondary N) is 1. The highest BCUT2D eigenvalue weighted by Crippen LogP contribution is 2.37. The first-order valence-corrected chi connectivity index (χ1v) is 7.99. The number of aromatic nitrogens is 2. The van der Waals surface area contributed by atoms with E-state index in [0.717, 1.165) is 18.2 Å². The van der Waals surface area contributed by atoms with E-state index in [-0.39, 0.29) is 5.56 Å². The van der Waals surface area contributed by atoms with Crippen molar-refractivity contribution in [3.8, 4) is 0 Å². The molecule has 0 radical (unpaired) electrons. The second-order valence-corrected chi connectivity index (χ2v) is 6.53. The lowest BCUT2D eigenvalue weighted by molar-refractivity contribution is 0.367. The number of nitrogens with zero attached hydrogens (tertiary/aromatic N) is 3. The van der Waals surface area contributed by atoms with E-state index in [2.05, 4.69) is 33.3 Å². The highest BCUT2D eigenvalue weighted by atomic mass is 79.9. The van der Waals surface area contributed by atoms with Gasteiger partial charge in [0, 0.05) is 12.6 Å². The second kappa shape index (κ2) is 6.72. The molecule has 2 atom stereocenters. The molecule has 0 saturated heterocycles. The molecule has 0 amide bonds. The molecule has 1 saturated carbocycles. The van der Waals surface area contributed by atoms with E-state index < -0.39 is 0 Å².